The van der Waals surface area contributed by atoms with Crippen molar-refractivity contribution in [2.75, 3.05) is 11.9 Å². The second kappa shape index (κ2) is 5.83. The molecule has 1 heterocycles. The Labute approximate surface area is 98.8 Å². The summed E-state index contributed by atoms with van der Waals surface area (Å²) in [6.45, 7) is 2.06. The smallest absolute Gasteiger partial charge is 0.308 e. The quantitative estimate of drug-likeness (QED) is 0.675. The maximum atomic E-state index is 10.9. The van der Waals surface area contributed by atoms with Crippen LogP contribution in [-0.2, 0) is 4.79 Å². The zero-order chi connectivity index (χ0) is 12.8. The highest BCUT2D eigenvalue weighted by atomic mass is 16.4. The van der Waals surface area contributed by atoms with Crippen LogP contribution in [0.1, 0.15) is 23.7 Å². The van der Waals surface area contributed by atoms with E-state index in [4.69, 9.17) is 10.8 Å². The first kappa shape index (κ1) is 13.0. The van der Waals surface area contributed by atoms with Gasteiger partial charge in [0.25, 0.3) is 0 Å². The second-order valence-corrected chi connectivity index (χ2v) is 3.62. The molecule has 1 amide bonds. The van der Waals surface area contributed by atoms with Crippen LogP contribution in [0.25, 0.3) is 0 Å². The molecule has 1 aromatic heterocycles. The molecule has 17 heavy (non-hydrogen) atoms. The summed E-state index contributed by atoms with van der Waals surface area (Å²) in [5.41, 5.74) is 5.46. The van der Waals surface area contributed by atoms with E-state index in [2.05, 4.69) is 10.3 Å². The summed E-state index contributed by atoms with van der Waals surface area (Å²) in [6.07, 6.45) is 1.97. The summed E-state index contributed by atoms with van der Waals surface area (Å²) in [4.78, 5) is 25.7. The lowest BCUT2D eigenvalue weighted by molar-refractivity contribution is -0.141. The molecule has 1 aromatic rings. The van der Waals surface area contributed by atoms with Crippen LogP contribution in [0, 0.1) is 5.92 Å². The molecule has 0 saturated carbocycles. The minimum absolute atomic E-state index is 0.265. The number of nitrogens with zero attached hydrogens (tertiary/aromatic N) is 1. The third kappa shape index (κ3) is 3.75. The van der Waals surface area contributed by atoms with E-state index in [-0.39, 0.29) is 6.54 Å². The Kier molecular flexibility index (Phi) is 4.45. The third-order valence-corrected chi connectivity index (χ3v) is 2.42. The van der Waals surface area contributed by atoms with Gasteiger partial charge in [-0.1, -0.05) is 6.92 Å². The van der Waals surface area contributed by atoms with Crippen molar-refractivity contribution < 1.29 is 14.7 Å². The second-order valence-electron chi connectivity index (χ2n) is 3.62. The summed E-state index contributed by atoms with van der Waals surface area (Å²) in [5.74, 6) is -1.43. The molecule has 0 radical (unpaired) electrons. The molecule has 1 atom stereocenters. The average Bonchev–Trinajstić information content (AvgIpc) is 2.29. The predicted molar refractivity (Wildman–Crippen MR) is 62.7 cm³/mol. The number of rotatable bonds is 6. The Bertz CT molecular complexity index is 420. The Hall–Kier alpha value is -2.11. The van der Waals surface area contributed by atoms with Crippen LogP contribution in [0.4, 0.5) is 5.82 Å². The number of anilines is 1. The highest BCUT2D eigenvalue weighted by Crippen LogP contribution is 2.09. The van der Waals surface area contributed by atoms with Gasteiger partial charge in [0, 0.05) is 18.3 Å². The van der Waals surface area contributed by atoms with Crippen molar-refractivity contribution in [2.45, 2.75) is 13.3 Å². The standard InChI is InChI=1S/C11H15N3O3/c1-2-7(11(16)17)6-14-9-5-8(10(12)15)3-4-13-9/h3-5,7H,2,6H2,1H3,(H2,12,15)(H,13,14)(H,16,17). The minimum atomic E-state index is -0.856. The Morgan fingerprint density at radius 1 is 1.59 bits per heavy atom. The SMILES string of the molecule is CCC(CNc1cc(C(N)=O)ccn1)C(=O)O. The van der Waals surface area contributed by atoms with Gasteiger partial charge >= 0.3 is 5.97 Å². The zero-order valence-corrected chi connectivity index (χ0v) is 9.51. The van der Waals surface area contributed by atoms with Crippen molar-refractivity contribution in [3.8, 4) is 0 Å². The van der Waals surface area contributed by atoms with Gasteiger partial charge < -0.3 is 16.2 Å². The number of nitrogens with two attached hydrogens (primary N) is 1. The molecule has 92 valence electrons. The lowest BCUT2D eigenvalue weighted by Gasteiger charge is -2.11. The number of carboxylic acid groups (broad SMARTS) is 1. The molecule has 0 saturated heterocycles. The maximum Gasteiger partial charge on any atom is 0.308 e. The fourth-order valence-corrected chi connectivity index (χ4v) is 1.31. The fraction of sp³-hybridized carbons (Fsp3) is 0.364. The number of carboxylic acids is 1. The summed E-state index contributed by atoms with van der Waals surface area (Å²) in [5, 5.41) is 11.7. The molecule has 0 fully saturated rings. The molecule has 6 heteroatoms. The third-order valence-electron chi connectivity index (χ3n) is 2.42. The van der Waals surface area contributed by atoms with Crippen LogP contribution in [0.3, 0.4) is 0 Å². The van der Waals surface area contributed by atoms with E-state index in [9.17, 15) is 9.59 Å². The van der Waals surface area contributed by atoms with Gasteiger partial charge in [-0.15, -0.1) is 0 Å². The van der Waals surface area contributed by atoms with Crippen molar-refractivity contribution in [3.05, 3.63) is 23.9 Å². The minimum Gasteiger partial charge on any atom is -0.481 e. The summed E-state index contributed by atoms with van der Waals surface area (Å²) >= 11 is 0. The summed E-state index contributed by atoms with van der Waals surface area (Å²) in [6, 6.07) is 3.00. The number of amides is 1. The van der Waals surface area contributed by atoms with Gasteiger partial charge in [0.2, 0.25) is 5.91 Å². The number of hydrogen-bond donors (Lipinski definition) is 3. The molecule has 0 aliphatic carbocycles. The van der Waals surface area contributed by atoms with Gasteiger partial charge in [-0.2, -0.15) is 0 Å². The molecule has 1 rings (SSSR count). The van der Waals surface area contributed by atoms with E-state index in [1.807, 2.05) is 0 Å². The van der Waals surface area contributed by atoms with E-state index in [1.165, 1.54) is 18.3 Å². The molecule has 0 spiro atoms. The van der Waals surface area contributed by atoms with Gasteiger partial charge in [-0.05, 0) is 18.6 Å². The molecule has 1 unspecified atom stereocenters. The summed E-state index contributed by atoms with van der Waals surface area (Å²) in [7, 11) is 0. The first-order valence-electron chi connectivity index (χ1n) is 5.27. The summed E-state index contributed by atoms with van der Waals surface area (Å²) < 4.78 is 0. The fourth-order valence-electron chi connectivity index (χ4n) is 1.31. The molecular formula is C11H15N3O3. The predicted octanol–water partition coefficient (Wildman–Crippen LogP) is 0.703. The molecule has 0 aliphatic rings. The highest BCUT2D eigenvalue weighted by Gasteiger charge is 2.14. The van der Waals surface area contributed by atoms with E-state index >= 15 is 0 Å². The first-order valence-corrected chi connectivity index (χ1v) is 5.27. The Morgan fingerprint density at radius 3 is 2.82 bits per heavy atom. The van der Waals surface area contributed by atoms with Crippen molar-refractivity contribution in [1.29, 1.82) is 0 Å². The van der Waals surface area contributed by atoms with Gasteiger partial charge in [-0.25, -0.2) is 4.98 Å². The number of pyridine rings is 1. The number of aromatic nitrogens is 1. The molecule has 0 aromatic carbocycles. The van der Waals surface area contributed by atoms with E-state index in [0.29, 0.717) is 17.8 Å². The van der Waals surface area contributed by atoms with Gasteiger partial charge in [0.15, 0.2) is 0 Å². The number of carbonyl (C=O) groups excluding carboxylic acids is 1. The van der Waals surface area contributed by atoms with Gasteiger partial charge in [-0.3, -0.25) is 9.59 Å². The largest absolute Gasteiger partial charge is 0.481 e. The van der Waals surface area contributed by atoms with Crippen LogP contribution in [0.2, 0.25) is 0 Å². The Balaban J connectivity index is 2.66. The number of nitrogens with one attached hydrogen (secondary N) is 1. The molecule has 6 nitrogen and oxygen atoms in total. The highest BCUT2D eigenvalue weighted by molar-refractivity contribution is 5.93. The molecule has 0 bridgehead atoms. The Morgan fingerprint density at radius 2 is 2.29 bits per heavy atom. The van der Waals surface area contributed by atoms with Crippen LogP contribution in [-0.4, -0.2) is 28.5 Å². The normalized spacial score (nSPS) is 11.8. The number of primary amides is 1. The molecular weight excluding hydrogens is 222 g/mol. The van der Waals surface area contributed by atoms with E-state index in [1.54, 1.807) is 6.92 Å². The number of carbonyl (C=O) groups is 2. The van der Waals surface area contributed by atoms with E-state index in [0.717, 1.165) is 0 Å². The van der Waals surface area contributed by atoms with Crippen molar-refractivity contribution >= 4 is 17.7 Å². The van der Waals surface area contributed by atoms with Gasteiger partial charge in [0.05, 0.1) is 5.92 Å². The average molecular weight is 237 g/mol. The van der Waals surface area contributed by atoms with Crippen molar-refractivity contribution in [1.82, 2.24) is 4.98 Å². The van der Waals surface area contributed by atoms with Gasteiger partial charge in [0.1, 0.15) is 5.82 Å². The monoisotopic (exact) mass is 237 g/mol. The maximum absolute atomic E-state index is 10.9. The topological polar surface area (TPSA) is 105 Å². The van der Waals surface area contributed by atoms with E-state index < -0.39 is 17.8 Å². The van der Waals surface area contributed by atoms with Crippen LogP contribution >= 0.6 is 0 Å². The van der Waals surface area contributed by atoms with Crippen LogP contribution < -0.4 is 11.1 Å². The molecule has 4 N–H and O–H groups in total. The number of hydrogen-bond acceptors (Lipinski definition) is 4. The first-order chi connectivity index (χ1) is 8.04. The molecule has 0 aliphatic heterocycles. The van der Waals surface area contributed by atoms with Crippen molar-refractivity contribution in [2.24, 2.45) is 11.7 Å². The number of aliphatic carboxylic acids is 1. The lowest BCUT2D eigenvalue weighted by atomic mass is 10.1. The van der Waals surface area contributed by atoms with Crippen LogP contribution in [0.5, 0.6) is 0 Å². The van der Waals surface area contributed by atoms with Crippen LogP contribution in [0.15, 0.2) is 18.3 Å². The zero-order valence-electron chi connectivity index (χ0n) is 9.51. The van der Waals surface area contributed by atoms with Crippen molar-refractivity contribution in [3.63, 3.8) is 0 Å². The lowest BCUT2D eigenvalue weighted by Crippen LogP contribution is -2.22.